The van der Waals surface area contributed by atoms with E-state index in [1.54, 1.807) is 0 Å². The molecule has 0 aliphatic carbocycles. The minimum atomic E-state index is -0.535. The van der Waals surface area contributed by atoms with Crippen molar-refractivity contribution in [3.8, 4) is 0 Å². The number of carbonyl (C=O) groups excluding carboxylic acids is 1. The summed E-state index contributed by atoms with van der Waals surface area (Å²) >= 11 is 0. The number of aliphatic hydroxyl groups excluding tert-OH is 1. The molecular formula is C40H74O4. The molecule has 258 valence electrons. The second-order valence-electron chi connectivity index (χ2n) is 12.7. The van der Waals surface area contributed by atoms with Gasteiger partial charge in [-0.3, -0.25) is 4.79 Å². The van der Waals surface area contributed by atoms with Crippen LogP contribution in [0.5, 0.6) is 0 Å². The van der Waals surface area contributed by atoms with E-state index in [-0.39, 0.29) is 12.6 Å². The summed E-state index contributed by atoms with van der Waals surface area (Å²) in [5.41, 5.74) is 0. The zero-order valence-corrected chi connectivity index (χ0v) is 29.4. The van der Waals surface area contributed by atoms with Crippen molar-refractivity contribution < 1.29 is 19.4 Å². The first-order valence-corrected chi connectivity index (χ1v) is 19.1. The molecule has 0 bridgehead atoms. The van der Waals surface area contributed by atoms with Gasteiger partial charge in [0.25, 0.3) is 0 Å². The Morgan fingerprint density at radius 3 is 1.43 bits per heavy atom. The molecule has 0 saturated heterocycles. The first-order chi connectivity index (χ1) is 21.7. The van der Waals surface area contributed by atoms with Gasteiger partial charge in [0, 0.05) is 13.0 Å². The first-order valence-electron chi connectivity index (χ1n) is 19.1. The summed E-state index contributed by atoms with van der Waals surface area (Å²) in [6.45, 7) is 5.31. The van der Waals surface area contributed by atoms with Gasteiger partial charge >= 0.3 is 5.97 Å². The van der Waals surface area contributed by atoms with E-state index in [4.69, 9.17) is 9.47 Å². The number of ether oxygens (including phenoxy) is 2. The Kier molecular flexibility index (Phi) is 36.6. The van der Waals surface area contributed by atoms with Crippen LogP contribution in [-0.2, 0) is 14.3 Å². The average molecular weight is 619 g/mol. The minimum Gasteiger partial charge on any atom is -0.457 e. The van der Waals surface area contributed by atoms with Crippen molar-refractivity contribution in [1.29, 1.82) is 0 Å². The van der Waals surface area contributed by atoms with Crippen molar-refractivity contribution in [3.05, 3.63) is 36.5 Å². The maximum Gasteiger partial charge on any atom is 0.306 e. The number of carbonyl (C=O) groups is 1. The molecule has 0 saturated carbocycles. The van der Waals surface area contributed by atoms with Crippen LogP contribution in [0.3, 0.4) is 0 Å². The zero-order chi connectivity index (χ0) is 32.0. The number of hydrogen-bond donors (Lipinski definition) is 1. The van der Waals surface area contributed by atoms with Gasteiger partial charge in [-0.15, -0.1) is 0 Å². The van der Waals surface area contributed by atoms with Crippen LogP contribution >= 0.6 is 0 Å². The molecule has 0 aromatic heterocycles. The van der Waals surface area contributed by atoms with E-state index in [1.165, 1.54) is 135 Å². The third kappa shape index (κ3) is 35.1. The SMILES string of the molecule is CCCCCCC/C=C\C/C=C\C/C=C\CCCCCCCCCOCC(CO)OC(=O)CCCCCCCCCCCC. The van der Waals surface area contributed by atoms with Crippen molar-refractivity contribution in [1.82, 2.24) is 0 Å². The van der Waals surface area contributed by atoms with Crippen LogP contribution in [0, 0.1) is 0 Å². The van der Waals surface area contributed by atoms with E-state index in [2.05, 4.69) is 50.3 Å². The molecule has 0 heterocycles. The lowest BCUT2D eigenvalue weighted by atomic mass is 10.1. The van der Waals surface area contributed by atoms with E-state index in [9.17, 15) is 9.90 Å². The Bertz CT molecular complexity index is 654. The summed E-state index contributed by atoms with van der Waals surface area (Å²) in [4.78, 5) is 12.1. The fraction of sp³-hybridized carbons (Fsp3) is 0.825. The van der Waals surface area contributed by atoms with Gasteiger partial charge in [-0.1, -0.05) is 166 Å². The van der Waals surface area contributed by atoms with Crippen LogP contribution in [0.2, 0.25) is 0 Å². The predicted octanol–water partition coefficient (Wildman–Crippen LogP) is 12.1. The van der Waals surface area contributed by atoms with Gasteiger partial charge in [0.05, 0.1) is 13.2 Å². The second kappa shape index (κ2) is 37.8. The molecule has 1 unspecified atom stereocenters. The lowest BCUT2D eigenvalue weighted by Crippen LogP contribution is -2.27. The molecule has 0 amide bonds. The first kappa shape index (κ1) is 42.6. The number of rotatable bonds is 35. The average Bonchev–Trinajstić information content (AvgIpc) is 3.03. The Hall–Kier alpha value is -1.39. The third-order valence-corrected chi connectivity index (χ3v) is 8.22. The van der Waals surface area contributed by atoms with E-state index < -0.39 is 6.10 Å². The van der Waals surface area contributed by atoms with Crippen molar-refractivity contribution in [2.45, 2.75) is 193 Å². The fourth-order valence-corrected chi connectivity index (χ4v) is 5.33. The third-order valence-electron chi connectivity index (χ3n) is 8.22. The molecule has 0 aliphatic heterocycles. The molecular weight excluding hydrogens is 544 g/mol. The highest BCUT2D eigenvalue weighted by Gasteiger charge is 2.13. The molecule has 0 aromatic rings. The molecule has 1 atom stereocenters. The van der Waals surface area contributed by atoms with Crippen LogP contribution in [-0.4, -0.2) is 37.0 Å². The Morgan fingerprint density at radius 1 is 0.545 bits per heavy atom. The number of hydrogen-bond acceptors (Lipinski definition) is 4. The molecule has 0 fully saturated rings. The van der Waals surface area contributed by atoms with Gasteiger partial charge < -0.3 is 14.6 Å². The topological polar surface area (TPSA) is 55.8 Å². The Morgan fingerprint density at radius 2 is 0.955 bits per heavy atom. The fourth-order valence-electron chi connectivity index (χ4n) is 5.33. The highest BCUT2D eigenvalue weighted by molar-refractivity contribution is 5.69. The van der Waals surface area contributed by atoms with Crippen LogP contribution in [0.1, 0.15) is 187 Å². The van der Waals surface area contributed by atoms with E-state index in [0.717, 1.165) is 32.1 Å². The zero-order valence-electron chi connectivity index (χ0n) is 29.4. The van der Waals surface area contributed by atoms with Crippen molar-refractivity contribution in [2.24, 2.45) is 0 Å². The molecule has 0 aliphatic rings. The summed E-state index contributed by atoms with van der Waals surface area (Å²) < 4.78 is 11.1. The molecule has 0 radical (unpaired) electrons. The molecule has 44 heavy (non-hydrogen) atoms. The van der Waals surface area contributed by atoms with Crippen LogP contribution < -0.4 is 0 Å². The molecule has 0 rings (SSSR count). The molecule has 4 heteroatoms. The van der Waals surface area contributed by atoms with Crippen LogP contribution in [0.15, 0.2) is 36.5 Å². The van der Waals surface area contributed by atoms with Crippen molar-refractivity contribution >= 4 is 5.97 Å². The van der Waals surface area contributed by atoms with Crippen molar-refractivity contribution in [3.63, 3.8) is 0 Å². The lowest BCUT2D eigenvalue weighted by molar-refractivity contribution is -0.154. The monoisotopic (exact) mass is 619 g/mol. The maximum atomic E-state index is 12.1. The molecule has 0 aromatic carbocycles. The standard InChI is InChI=1S/C40H74O4/c1-3-5-7-9-11-13-15-16-17-18-19-20-21-22-23-24-25-26-28-30-32-34-36-43-38-39(37-41)44-40(42)35-33-31-29-27-14-12-10-8-6-4-2/h15-16,18-19,21-22,39,41H,3-14,17,20,23-38H2,1-2H3/b16-15-,19-18-,22-21-. The van der Waals surface area contributed by atoms with Gasteiger partial charge in [0.1, 0.15) is 6.10 Å². The number of esters is 1. The number of allylic oxidation sites excluding steroid dienone is 6. The predicted molar refractivity (Wildman–Crippen MR) is 191 cm³/mol. The van der Waals surface area contributed by atoms with Crippen LogP contribution in [0.25, 0.3) is 0 Å². The minimum absolute atomic E-state index is 0.174. The largest absolute Gasteiger partial charge is 0.457 e. The van der Waals surface area contributed by atoms with Gasteiger partial charge in [0.2, 0.25) is 0 Å². The quantitative estimate of drug-likeness (QED) is 0.0436. The molecule has 1 N–H and O–H groups in total. The van der Waals surface area contributed by atoms with E-state index in [0.29, 0.717) is 19.6 Å². The van der Waals surface area contributed by atoms with Gasteiger partial charge in [-0.05, 0) is 51.4 Å². The Labute approximate surface area is 274 Å². The summed E-state index contributed by atoms with van der Waals surface area (Å²) in [6, 6.07) is 0. The number of aliphatic hydroxyl groups is 1. The summed E-state index contributed by atoms with van der Waals surface area (Å²) in [7, 11) is 0. The molecule has 0 spiro atoms. The molecule has 4 nitrogen and oxygen atoms in total. The number of unbranched alkanes of at least 4 members (excludes halogenated alkanes) is 21. The summed E-state index contributed by atoms with van der Waals surface area (Å²) in [5, 5.41) is 9.54. The highest BCUT2D eigenvalue weighted by Crippen LogP contribution is 2.13. The van der Waals surface area contributed by atoms with E-state index >= 15 is 0 Å². The normalized spacial score (nSPS) is 12.7. The van der Waals surface area contributed by atoms with Crippen molar-refractivity contribution in [2.75, 3.05) is 19.8 Å². The van der Waals surface area contributed by atoms with Gasteiger partial charge in [-0.2, -0.15) is 0 Å². The van der Waals surface area contributed by atoms with Gasteiger partial charge in [-0.25, -0.2) is 0 Å². The highest BCUT2D eigenvalue weighted by atomic mass is 16.6. The summed E-state index contributed by atoms with van der Waals surface area (Å²) in [6.07, 6.45) is 46.2. The maximum absolute atomic E-state index is 12.1. The second-order valence-corrected chi connectivity index (χ2v) is 12.7. The summed E-state index contributed by atoms with van der Waals surface area (Å²) in [5.74, 6) is -0.207. The van der Waals surface area contributed by atoms with E-state index in [1.807, 2.05) is 0 Å². The Balaban J connectivity index is 3.45. The lowest BCUT2D eigenvalue weighted by Gasteiger charge is -2.16. The van der Waals surface area contributed by atoms with Crippen LogP contribution in [0.4, 0.5) is 0 Å². The smallest absolute Gasteiger partial charge is 0.306 e. The van der Waals surface area contributed by atoms with Gasteiger partial charge in [0.15, 0.2) is 0 Å².